The summed E-state index contributed by atoms with van der Waals surface area (Å²) in [6, 6.07) is 9.61. The number of rotatable bonds is 3. The van der Waals surface area contributed by atoms with Gasteiger partial charge in [-0.15, -0.1) is 0 Å². The van der Waals surface area contributed by atoms with Crippen molar-refractivity contribution in [2.75, 3.05) is 0 Å². The van der Waals surface area contributed by atoms with Crippen LogP contribution in [0.5, 0.6) is 5.75 Å². The van der Waals surface area contributed by atoms with Gasteiger partial charge < -0.3 is 5.11 Å². The third-order valence-corrected chi connectivity index (χ3v) is 3.38. The van der Waals surface area contributed by atoms with E-state index in [4.69, 9.17) is 0 Å². The standard InChI is InChI=1S/C18H10F2N4O/c19-14-2-1-12(9-15(14)20)24-16(10-21)13-5-8-23-17(18(13)25)11-3-6-22-7-4-11/h1-9,25H/b24-16+. The summed E-state index contributed by atoms with van der Waals surface area (Å²) in [5, 5.41) is 19.8. The van der Waals surface area contributed by atoms with Crippen molar-refractivity contribution in [1.82, 2.24) is 9.97 Å². The Labute approximate surface area is 141 Å². The third kappa shape index (κ3) is 3.33. The summed E-state index contributed by atoms with van der Waals surface area (Å²) in [6.07, 6.45) is 4.51. The molecule has 2 aromatic heterocycles. The molecule has 1 N–H and O–H groups in total. The fourth-order valence-corrected chi connectivity index (χ4v) is 2.20. The van der Waals surface area contributed by atoms with Gasteiger partial charge in [-0.3, -0.25) is 9.97 Å². The number of nitrogens with zero attached hydrogens (tertiary/aromatic N) is 4. The zero-order chi connectivity index (χ0) is 17.8. The zero-order valence-electron chi connectivity index (χ0n) is 12.7. The monoisotopic (exact) mass is 336 g/mol. The Morgan fingerprint density at radius 3 is 2.48 bits per heavy atom. The van der Waals surface area contributed by atoms with Gasteiger partial charge in [0.2, 0.25) is 0 Å². The molecule has 0 aliphatic carbocycles. The lowest BCUT2D eigenvalue weighted by molar-refractivity contribution is 0.474. The number of nitriles is 1. The fourth-order valence-electron chi connectivity index (χ4n) is 2.20. The molecule has 0 bridgehead atoms. The number of hydrogen-bond donors (Lipinski definition) is 1. The lowest BCUT2D eigenvalue weighted by atomic mass is 10.1. The van der Waals surface area contributed by atoms with E-state index in [1.165, 1.54) is 18.3 Å². The molecule has 0 aliphatic rings. The molecule has 2 heterocycles. The predicted octanol–water partition coefficient (Wildman–Crippen LogP) is 3.77. The van der Waals surface area contributed by atoms with Gasteiger partial charge in [0, 0.05) is 30.2 Å². The van der Waals surface area contributed by atoms with Crippen molar-refractivity contribution >= 4 is 11.4 Å². The Morgan fingerprint density at radius 1 is 1.04 bits per heavy atom. The maximum absolute atomic E-state index is 13.3. The van der Waals surface area contributed by atoms with Crippen LogP contribution in [0.4, 0.5) is 14.5 Å². The number of pyridine rings is 2. The predicted molar refractivity (Wildman–Crippen MR) is 87.3 cm³/mol. The minimum Gasteiger partial charge on any atom is -0.505 e. The molecule has 0 radical (unpaired) electrons. The molecule has 1 aromatic carbocycles. The molecule has 0 aliphatic heterocycles. The molecule has 0 saturated carbocycles. The van der Waals surface area contributed by atoms with E-state index in [-0.39, 0.29) is 28.4 Å². The molecule has 0 atom stereocenters. The Morgan fingerprint density at radius 2 is 1.80 bits per heavy atom. The summed E-state index contributed by atoms with van der Waals surface area (Å²) >= 11 is 0. The first-order valence-electron chi connectivity index (χ1n) is 7.12. The molecule has 3 rings (SSSR count). The molecule has 0 amide bonds. The summed E-state index contributed by atoms with van der Waals surface area (Å²) in [5.41, 5.74) is 0.903. The van der Waals surface area contributed by atoms with Gasteiger partial charge in [-0.05, 0) is 30.3 Å². The second kappa shape index (κ2) is 6.84. The van der Waals surface area contributed by atoms with Crippen LogP contribution in [0.15, 0.2) is 60.0 Å². The summed E-state index contributed by atoms with van der Waals surface area (Å²) in [6.45, 7) is 0. The lowest BCUT2D eigenvalue weighted by Gasteiger charge is -2.08. The van der Waals surface area contributed by atoms with E-state index in [0.717, 1.165) is 12.1 Å². The minimum atomic E-state index is -1.07. The highest BCUT2D eigenvalue weighted by Gasteiger charge is 2.15. The van der Waals surface area contributed by atoms with E-state index in [0.29, 0.717) is 5.56 Å². The van der Waals surface area contributed by atoms with E-state index in [1.807, 2.05) is 6.07 Å². The molecule has 25 heavy (non-hydrogen) atoms. The molecule has 122 valence electrons. The van der Waals surface area contributed by atoms with Crippen LogP contribution in [-0.4, -0.2) is 20.8 Å². The first-order chi connectivity index (χ1) is 12.1. The molecular weight excluding hydrogens is 326 g/mol. The van der Waals surface area contributed by atoms with Crippen molar-refractivity contribution < 1.29 is 13.9 Å². The second-order valence-electron chi connectivity index (χ2n) is 4.96. The van der Waals surface area contributed by atoms with Crippen molar-refractivity contribution in [3.8, 4) is 23.1 Å². The van der Waals surface area contributed by atoms with E-state index in [9.17, 15) is 19.1 Å². The van der Waals surface area contributed by atoms with Gasteiger partial charge in [0.05, 0.1) is 11.3 Å². The van der Waals surface area contributed by atoms with Crippen LogP contribution in [-0.2, 0) is 0 Å². The maximum atomic E-state index is 13.3. The average Bonchev–Trinajstić information content (AvgIpc) is 2.64. The first-order valence-corrected chi connectivity index (χ1v) is 7.12. The first kappa shape index (κ1) is 16.2. The Balaban J connectivity index is 2.09. The van der Waals surface area contributed by atoms with E-state index < -0.39 is 11.6 Å². The molecule has 5 nitrogen and oxygen atoms in total. The van der Waals surface area contributed by atoms with Gasteiger partial charge in [0.15, 0.2) is 23.1 Å². The summed E-state index contributed by atoms with van der Waals surface area (Å²) < 4.78 is 26.3. The minimum absolute atomic E-state index is 0.0529. The zero-order valence-corrected chi connectivity index (χ0v) is 12.7. The SMILES string of the molecule is N#C/C(=N\c1ccc(F)c(F)c1)c1ccnc(-c2ccncc2)c1O. The smallest absolute Gasteiger partial charge is 0.160 e. The number of aliphatic imine (C=N–C) groups is 1. The highest BCUT2D eigenvalue weighted by atomic mass is 19.2. The maximum Gasteiger partial charge on any atom is 0.160 e. The topological polar surface area (TPSA) is 82.2 Å². The Bertz CT molecular complexity index is 998. The van der Waals surface area contributed by atoms with Crippen molar-refractivity contribution in [3.63, 3.8) is 0 Å². The van der Waals surface area contributed by atoms with Crippen LogP contribution in [0.25, 0.3) is 11.3 Å². The number of halogens is 2. The fraction of sp³-hybridized carbons (Fsp3) is 0. The Hall–Kier alpha value is -3.66. The van der Waals surface area contributed by atoms with Crippen LogP contribution >= 0.6 is 0 Å². The highest BCUT2D eigenvalue weighted by molar-refractivity contribution is 6.15. The molecule has 0 saturated heterocycles. The van der Waals surface area contributed by atoms with E-state index >= 15 is 0 Å². The van der Waals surface area contributed by atoms with Gasteiger partial charge in [0.25, 0.3) is 0 Å². The summed E-state index contributed by atoms with van der Waals surface area (Å²) in [4.78, 5) is 12.0. The quantitative estimate of drug-likeness (QED) is 0.738. The average molecular weight is 336 g/mol. The lowest BCUT2D eigenvalue weighted by Crippen LogP contribution is -2.00. The van der Waals surface area contributed by atoms with Gasteiger partial charge in [0.1, 0.15) is 11.8 Å². The third-order valence-electron chi connectivity index (χ3n) is 3.38. The number of hydrogen-bond acceptors (Lipinski definition) is 5. The second-order valence-corrected chi connectivity index (χ2v) is 4.96. The van der Waals surface area contributed by atoms with Crippen molar-refractivity contribution in [3.05, 3.63) is 72.2 Å². The number of aromatic hydroxyl groups is 1. The van der Waals surface area contributed by atoms with Crippen LogP contribution in [0.1, 0.15) is 5.56 Å². The molecule has 0 spiro atoms. The molecule has 0 unspecified atom stereocenters. The largest absolute Gasteiger partial charge is 0.505 e. The van der Waals surface area contributed by atoms with Gasteiger partial charge in [-0.25, -0.2) is 13.8 Å². The number of benzene rings is 1. The van der Waals surface area contributed by atoms with Gasteiger partial charge in [-0.1, -0.05) is 0 Å². The van der Waals surface area contributed by atoms with Crippen LogP contribution < -0.4 is 0 Å². The van der Waals surface area contributed by atoms with Gasteiger partial charge >= 0.3 is 0 Å². The summed E-state index contributed by atoms with van der Waals surface area (Å²) in [7, 11) is 0. The molecule has 7 heteroatoms. The number of aromatic nitrogens is 2. The van der Waals surface area contributed by atoms with E-state index in [2.05, 4.69) is 15.0 Å². The van der Waals surface area contributed by atoms with Crippen molar-refractivity contribution in [2.24, 2.45) is 4.99 Å². The van der Waals surface area contributed by atoms with E-state index in [1.54, 1.807) is 24.5 Å². The van der Waals surface area contributed by atoms with Crippen LogP contribution in [0.2, 0.25) is 0 Å². The van der Waals surface area contributed by atoms with Crippen LogP contribution in [0.3, 0.4) is 0 Å². The van der Waals surface area contributed by atoms with Crippen LogP contribution in [0, 0.1) is 23.0 Å². The molecular formula is C18H10F2N4O. The Kier molecular flexibility index (Phi) is 4.44. The normalized spacial score (nSPS) is 11.2. The highest BCUT2D eigenvalue weighted by Crippen LogP contribution is 2.30. The molecule has 0 fully saturated rings. The molecule has 3 aromatic rings. The summed E-state index contributed by atoms with van der Waals surface area (Å²) in [5.74, 6) is -2.32. The van der Waals surface area contributed by atoms with Crippen molar-refractivity contribution in [1.29, 1.82) is 5.26 Å². The van der Waals surface area contributed by atoms with Gasteiger partial charge in [-0.2, -0.15) is 5.26 Å². The van der Waals surface area contributed by atoms with Crippen molar-refractivity contribution in [2.45, 2.75) is 0 Å².